The summed E-state index contributed by atoms with van der Waals surface area (Å²) in [5, 5.41) is 3.41. The van der Waals surface area contributed by atoms with E-state index >= 15 is 0 Å². The lowest BCUT2D eigenvalue weighted by Crippen LogP contribution is -2.43. The zero-order chi connectivity index (χ0) is 12.5. The van der Waals surface area contributed by atoms with Crippen molar-refractivity contribution < 1.29 is 4.79 Å². The molecule has 1 amide bonds. The Balaban J connectivity index is 0.00000133. The number of hydrogen-bond donors (Lipinski definition) is 1. The van der Waals surface area contributed by atoms with Crippen LogP contribution in [0.25, 0.3) is 0 Å². The maximum atomic E-state index is 12.4. The third-order valence-electron chi connectivity index (χ3n) is 3.95. The van der Waals surface area contributed by atoms with Crippen molar-refractivity contribution in [1.29, 1.82) is 0 Å². The fraction of sp³-hybridized carbons (Fsp3) is 0.538. The van der Waals surface area contributed by atoms with E-state index in [1.54, 1.807) is 6.20 Å². The van der Waals surface area contributed by atoms with Gasteiger partial charge in [0.25, 0.3) is 5.91 Å². The predicted octanol–water partition coefficient (Wildman–Crippen LogP) is 1.95. The number of piperidine rings is 1. The Kier molecular flexibility index (Phi) is 4.81. The van der Waals surface area contributed by atoms with Gasteiger partial charge in [0, 0.05) is 23.8 Å². The lowest BCUT2D eigenvalue weighted by Gasteiger charge is -2.34. The second-order valence-corrected chi connectivity index (χ2v) is 5.91. The first-order valence-corrected chi connectivity index (χ1v) is 7.15. The number of pyridine rings is 1. The molecular weight excluding hydrogens is 330 g/mol. The smallest absolute Gasteiger partial charge is 0.273 e. The molecule has 1 N–H and O–H groups in total. The van der Waals surface area contributed by atoms with E-state index < -0.39 is 0 Å². The molecule has 3 rings (SSSR count). The van der Waals surface area contributed by atoms with Crippen LogP contribution in [0, 0.1) is 11.8 Å². The fourth-order valence-corrected chi connectivity index (χ4v) is 3.34. The normalized spacial score (nSPS) is 25.6. The van der Waals surface area contributed by atoms with Gasteiger partial charge in [-0.3, -0.25) is 4.79 Å². The Morgan fingerprint density at radius 3 is 3.00 bits per heavy atom. The minimum atomic E-state index is 0. The van der Waals surface area contributed by atoms with Gasteiger partial charge in [-0.05, 0) is 59.4 Å². The van der Waals surface area contributed by atoms with Crippen molar-refractivity contribution in [2.24, 2.45) is 11.8 Å². The molecule has 0 aliphatic carbocycles. The molecule has 0 bridgehead atoms. The van der Waals surface area contributed by atoms with Gasteiger partial charge in [-0.25, -0.2) is 4.98 Å². The Bertz CT molecular complexity index is 471. The van der Waals surface area contributed by atoms with Crippen LogP contribution >= 0.6 is 28.3 Å². The molecule has 2 aliphatic rings. The highest BCUT2D eigenvalue weighted by Crippen LogP contribution is 2.28. The van der Waals surface area contributed by atoms with E-state index in [0.29, 0.717) is 11.6 Å². The molecule has 1 aromatic rings. The summed E-state index contributed by atoms with van der Waals surface area (Å²) in [6, 6.07) is 3.69. The van der Waals surface area contributed by atoms with Crippen LogP contribution in [0.3, 0.4) is 0 Å². The van der Waals surface area contributed by atoms with Gasteiger partial charge < -0.3 is 10.2 Å². The number of carbonyl (C=O) groups excluding carboxylic acids is 1. The Morgan fingerprint density at radius 2 is 2.21 bits per heavy atom. The van der Waals surface area contributed by atoms with Gasteiger partial charge in [-0.2, -0.15) is 0 Å². The van der Waals surface area contributed by atoms with Gasteiger partial charge in [-0.1, -0.05) is 0 Å². The Morgan fingerprint density at radius 1 is 1.42 bits per heavy atom. The van der Waals surface area contributed by atoms with E-state index in [1.807, 2.05) is 17.0 Å². The van der Waals surface area contributed by atoms with Gasteiger partial charge in [0.2, 0.25) is 0 Å². The number of likely N-dealkylation sites (tertiary alicyclic amines) is 1. The monoisotopic (exact) mass is 345 g/mol. The van der Waals surface area contributed by atoms with E-state index in [2.05, 4.69) is 26.2 Å². The van der Waals surface area contributed by atoms with Gasteiger partial charge in [0.05, 0.1) is 0 Å². The zero-order valence-electron chi connectivity index (χ0n) is 10.5. The van der Waals surface area contributed by atoms with E-state index in [1.165, 1.54) is 0 Å². The average Bonchev–Trinajstić information content (AvgIpc) is 2.85. The molecule has 6 heteroatoms. The van der Waals surface area contributed by atoms with Crippen molar-refractivity contribution in [3.8, 4) is 0 Å². The summed E-state index contributed by atoms with van der Waals surface area (Å²) in [5.74, 6) is 1.42. The van der Waals surface area contributed by atoms with Crippen molar-refractivity contribution in [3.63, 3.8) is 0 Å². The highest BCUT2D eigenvalue weighted by atomic mass is 79.9. The molecule has 104 valence electrons. The molecular formula is C13H17BrClN3O. The second kappa shape index (κ2) is 6.20. The van der Waals surface area contributed by atoms with Crippen LogP contribution in [0.1, 0.15) is 16.9 Å². The number of amides is 1. The minimum absolute atomic E-state index is 0. The second-order valence-electron chi connectivity index (χ2n) is 5.05. The quantitative estimate of drug-likeness (QED) is 0.845. The van der Waals surface area contributed by atoms with Crippen molar-refractivity contribution in [3.05, 3.63) is 28.5 Å². The fourth-order valence-electron chi connectivity index (χ4n) is 2.91. The van der Waals surface area contributed by atoms with Gasteiger partial charge in [0.1, 0.15) is 5.69 Å². The maximum absolute atomic E-state index is 12.4. The molecule has 19 heavy (non-hydrogen) atoms. The lowest BCUT2D eigenvalue weighted by atomic mass is 9.88. The van der Waals surface area contributed by atoms with Crippen LogP contribution in [0.2, 0.25) is 0 Å². The summed E-state index contributed by atoms with van der Waals surface area (Å²) in [5.41, 5.74) is 0.530. The van der Waals surface area contributed by atoms with Crippen molar-refractivity contribution >= 4 is 34.2 Å². The van der Waals surface area contributed by atoms with Crippen molar-refractivity contribution in [1.82, 2.24) is 15.2 Å². The van der Waals surface area contributed by atoms with E-state index in [0.717, 1.165) is 43.0 Å². The van der Waals surface area contributed by atoms with Crippen LogP contribution in [0.15, 0.2) is 22.8 Å². The first-order chi connectivity index (χ1) is 8.75. The SMILES string of the molecule is Cl.O=C(c1ncccc1Br)N1CCC2CNCC2C1. The molecule has 3 heterocycles. The van der Waals surface area contributed by atoms with Crippen LogP contribution < -0.4 is 5.32 Å². The predicted molar refractivity (Wildman–Crippen MR) is 79.6 cm³/mol. The number of halogens is 2. The molecule has 4 nitrogen and oxygen atoms in total. The molecule has 2 fully saturated rings. The first-order valence-electron chi connectivity index (χ1n) is 6.36. The van der Waals surface area contributed by atoms with Crippen LogP contribution in [0.5, 0.6) is 0 Å². The van der Waals surface area contributed by atoms with Gasteiger partial charge in [-0.15, -0.1) is 12.4 Å². The number of nitrogens with one attached hydrogen (secondary N) is 1. The molecule has 0 aromatic carbocycles. The average molecular weight is 347 g/mol. The van der Waals surface area contributed by atoms with Gasteiger partial charge in [0.15, 0.2) is 0 Å². The third-order valence-corrected chi connectivity index (χ3v) is 4.59. The number of rotatable bonds is 1. The summed E-state index contributed by atoms with van der Waals surface area (Å²) in [7, 11) is 0. The number of fused-ring (bicyclic) bond motifs is 1. The summed E-state index contributed by atoms with van der Waals surface area (Å²) >= 11 is 3.40. The Hall–Kier alpha value is -0.650. The summed E-state index contributed by atoms with van der Waals surface area (Å²) < 4.78 is 0.779. The molecule has 1 aromatic heterocycles. The standard InChI is InChI=1S/C13H16BrN3O.ClH/c14-11-2-1-4-16-12(11)13(18)17-5-3-9-6-15-7-10(9)8-17;/h1-2,4,9-10,15H,3,5-8H2;1H. The third kappa shape index (κ3) is 2.93. The number of nitrogens with zero attached hydrogens (tertiary/aromatic N) is 2. The van der Waals surface area contributed by atoms with Crippen LogP contribution in [-0.4, -0.2) is 42.0 Å². The van der Waals surface area contributed by atoms with E-state index in [4.69, 9.17) is 0 Å². The van der Waals surface area contributed by atoms with Gasteiger partial charge >= 0.3 is 0 Å². The highest BCUT2D eigenvalue weighted by molar-refractivity contribution is 9.10. The maximum Gasteiger partial charge on any atom is 0.273 e. The summed E-state index contributed by atoms with van der Waals surface area (Å²) in [6.07, 6.45) is 2.77. The molecule has 2 atom stereocenters. The molecule has 2 aliphatic heterocycles. The first kappa shape index (κ1) is 14.8. The molecule has 0 saturated carbocycles. The number of aromatic nitrogens is 1. The number of hydrogen-bond acceptors (Lipinski definition) is 3. The Labute approximate surface area is 127 Å². The molecule has 0 radical (unpaired) electrons. The molecule has 2 saturated heterocycles. The highest BCUT2D eigenvalue weighted by Gasteiger charge is 2.35. The van der Waals surface area contributed by atoms with Crippen LogP contribution in [-0.2, 0) is 0 Å². The topological polar surface area (TPSA) is 45.2 Å². The summed E-state index contributed by atoms with van der Waals surface area (Å²) in [6.45, 7) is 3.86. The molecule has 2 unspecified atom stereocenters. The van der Waals surface area contributed by atoms with E-state index in [9.17, 15) is 4.79 Å². The molecule has 0 spiro atoms. The van der Waals surface area contributed by atoms with Crippen LogP contribution in [0.4, 0.5) is 0 Å². The lowest BCUT2D eigenvalue weighted by molar-refractivity contribution is 0.0635. The van der Waals surface area contributed by atoms with Crippen molar-refractivity contribution in [2.45, 2.75) is 6.42 Å². The number of carbonyl (C=O) groups is 1. The van der Waals surface area contributed by atoms with Crippen molar-refractivity contribution in [2.75, 3.05) is 26.2 Å². The summed E-state index contributed by atoms with van der Waals surface area (Å²) in [4.78, 5) is 18.6. The largest absolute Gasteiger partial charge is 0.337 e. The zero-order valence-corrected chi connectivity index (χ0v) is 12.9. The minimum Gasteiger partial charge on any atom is -0.337 e. The van der Waals surface area contributed by atoms with E-state index in [-0.39, 0.29) is 18.3 Å².